The molecule has 0 saturated carbocycles. The molecule has 5 heteroatoms. The number of methoxy groups -OCH3 is 2. The molecule has 0 saturated heterocycles. The fraction of sp³-hybridized carbons (Fsp3) is 0.500. The van der Waals surface area contributed by atoms with Crippen molar-refractivity contribution in [2.45, 2.75) is 25.1 Å². The monoisotopic (exact) mass is 410 g/mol. The molecule has 4 nitrogen and oxygen atoms in total. The molecule has 1 aromatic carbocycles. The average Bonchev–Trinajstić information content (AvgIpc) is 2.65. The zero-order valence-corrected chi connectivity index (χ0v) is 16.7. The predicted octanol–water partition coefficient (Wildman–Crippen LogP) is 2.62. The van der Waals surface area contributed by atoms with Crippen LogP contribution in [-0.4, -0.2) is 41.1 Å². The van der Waals surface area contributed by atoms with E-state index in [0.29, 0.717) is 15.0 Å². The Bertz CT molecular complexity index is 599. The van der Waals surface area contributed by atoms with E-state index < -0.39 is 11.8 Å². The molecule has 0 spiro atoms. The van der Waals surface area contributed by atoms with Crippen LogP contribution in [0.4, 0.5) is 0 Å². The van der Waals surface area contributed by atoms with Gasteiger partial charge in [0.15, 0.2) is 0 Å². The summed E-state index contributed by atoms with van der Waals surface area (Å²) in [6, 6.07) is 10.5. The number of hydrogen-bond acceptors (Lipinski definition) is 4. The van der Waals surface area contributed by atoms with Gasteiger partial charge in [-0.25, -0.2) is 0 Å². The van der Waals surface area contributed by atoms with Crippen molar-refractivity contribution in [3.63, 3.8) is 0 Å². The van der Waals surface area contributed by atoms with Crippen molar-refractivity contribution in [1.29, 1.82) is 0 Å². The van der Waals surface area contributed by atoms with Gasteiger partial charge in [-0.2, -0.15) is 0 Å². The Hall–Kier alpha value is -1.58. The minimum atomic E-state index is -0.466. The summed E-state index contributed by atoms with van der Waals surface area (Å²) in [5.74, 6) is -1.56. The van der Waals surface area contributed by atoms with E-state index in [1.165, 1.54) is 18.7 Å². The topological polar surface area (TPSA) is 52.6 Å². The molecule has 4 atom stereocenters. The van der Waals surface area contributed by atoms with Gasteiger partial charge >= 0.3 is 156 Å². The van der Waals surface area contributed by atoms with E-state index in [2.05, 4.69) is 30.3 Å². The molecule has 0 aliphatic heterocycles. The summed E-state index contributed by atoms with van der Waals surface area (Å²) < 4.78 is 11.3. The summed E-state index contributed by atoms with van der Waals surface area (Å²) in [6.07, 6.45) is 6.03. The minimum absolute atomic E-state index is 0.0265. The molecule has 0 N–H and O–H groups in total. The molecule has 1 aliphatic carbocycles. The van der Waals surface area contributed by atoms with Gasteiger partial charge < -0.3 is 0 Å². The van der Waals surface area contributed by atoms with E-state index in [9.17, 15) is 9.59 Å². The van der Waals surface area contributed by atoms with E-state index in [-0.39, 0.29) is 23.8 Å². The summed E-state index contributed by atoms with van der Waals surface area (Å²) in [7, 11) is 2.76. The number of ether oxygens (including phenoxy) is 2. The van der Waals surface area contributed by atoms with E-state index in [0.717, 1.165) is 18.2 Å². The first-order valence-corrected chi connectivity index (χ1v) is 10.7. The fourth-order valence-corrected chi connectivity index (χ4v) is 5.29. The van der Waals surface area contributed by atoms with Crippen LogP contribution < -0.4 is 4.46 Å². The SMILES string of the molecule is COC(=O)[C@@H]1[C@@H](C(=O)OC)[C@H](CCC[Se]c2ccccc2)C=C[C@@H]1C. The third kappa shape index (κ3) is 5.19. The number of hydrogen-bond donors (Lipinski definition) is 0. The van der Waals surface area contributed by atoms with Crippen LogP contribution >= 0.6 is 0 Å². The molecule has 25 heavy (non-hydrogen) atoms. The molecular weight excluding hydrogens is 383 g/mol. The van der Waals surface area contributed by atoms with E-state index in [1.807, 2.05) is 19.1 Å². The molecule has 136 valence electrons. The first-order chi connectivity index (χ1) is 12.1. The van der Waals surface area contributed by atoms with Gasteiger partial charge in [0.2, 0.25) is 0 Å². The number of benzene rings is 1. The van der Waals surface area contributed by atoms with Gasteiger partial charge in [0.25, 0.3) is 0 Å². The molecule has 2 rings (SSSR count). The molecular formula is C20H26O4Se. The zero-order chi connectivity index (χ0) is 18.2. The molecule has 0 aromatic heterocycles. The zero-order valence-electron chi connectivity index (χ0n) is 15.0. The molecule has 1 aliphatic rings. The second-order valence-electron chi connectivity index (χ2n) is 6.31. The van der Waals surface area contributed by atoms with Crippen molar-refractivity contribution in [2.24, 2.45) is 23.7 Å². The number of esters is 2. The molecule has 0 amide bonds. The van der Waals surface area contributed by atoms with Crippen molar-refractivity contribution >= 4 is 31.4 Å². The van der Waals surface area contributed by atoms with Gasteiger partial charge in [-0.1, -0.05) is 0 Å². The van der Waals surface area contributed by atoms with Crippen LogP contribution in [0.3, 0.4) is 0 Å². The van der Waals surface area contributed by atoms with Crippen LogP contribution in [0.2, 0.25) is 5.32 Å². The first-order valence-electron chi connectivity index (χ1n) is 8.60. The fourth-order valence-electron chi connectivity index (χ4n) is 3.41. The predicted molar refractivity (Wildman–Crippen MR) is 98.7 cm³/mol. The standard InChI is InChI=1S/C20H26O4Se/c1-14-11-12-15(8-7-13-25-16-9-5-4-6-10-16)18(20(22)24-3)17(14)19(21)23-2/h4-6,9-12,14-15,17-18H,7-8,13H2,1-3H3/t14-,15+,17-,18-/m0/s1. The molecule has 0 unspecified atom stereocenters. The molecule has 0 heterocycles. The van der Waals surface area contributed by atoms with Crippen LogP contribution in [0.5, 0.6) is 0 Å². The molecule has 1 aromatic rings. The van der Waals surface area contributed by atoms with Gasteiger partial charge in [0.1, 0.15) is 0 Å². The summed E-state index contributed by atoms with van der Waals surface area (Å²) in [5.41, 5.74) is 0. The van der Waals surface area contributed by atoms with Crippen LogP contribution in [0.1, 0.15) is 19.8 Å². The van der Waals surface area contributed by atoms with Crippen LogP contribution in [-0.2, 0) is 19.1 Å². The Balaban J connectivity index is 2.00. The van der Waals surface area contributed by atoms with Crippen molar-refractivity contribution < 1.29 is 19.1 Å². The third-order valence-electron chi connectivity index (χ3n) is 4.72. The number of allylic oxidation sites excluding steroid dienone is 2. The summed E-state index contributed by atoms with van der Waals surface area (Å²) >= 11 is 0.440. The summed E-state index contributed by atoms with van der Waals surface area (Å²) in [5, 5.41) is 1.12. The van der Waals surface area contributed by atoms with Crippen LogP contribution in [0, 0.1) is 23.7 Å². The number of carbonyl (C=O) groups excluding carboxylic acids is 2. The Kier molecular flexibility index (Phi) is 7.73. The Labute approximate surface area is 156 Å². The van der Waals surface area contributed by atoms with Crippen molar-refractivity contribution in [1.82, 2.24) is 0 Å². The Morgan fingerprint density at radius 1 is 1.00 bits per heavy atom. The number of rotatable bonds is 7. The second kappa shape index (κ2) is 9.79. The van der Waals surface area contributed by atoms with Gasteiger partial charge in [-0.05, 0) is 0 Å². The second-order valence-corrected chi connectivity index (χ2v) is 8.76. The molecule has 0 radical (unpaired) electrons. The average molecular weight is 409 g/mol. The normalized spacial score (nSPS) is 25.4. The van der Waals surface area contributed by atoms with Crippen molar-refractivity contribution in [3.8, 4) is 0 Å². The van der Waals surface area contributed by atoms with Crippen LogP contribution in [0.15, 0.2) is 42.5 Å². The quantitative estimate of drug-likeness (QED) is 0.301. The van der Waals surface area contributed by atoms with Gasteiger partial charge in [-0.3, -0.25) is 0 Å². The summed E-state index contributed by atoms with van der Waals surface area (Å²) in [4.78, 5) is 24.6. The van der Waals surface area contributed by atoms with Crippen LogP contribution in [0.25, 0.3) is 0 Å². The maximum atomic E-state index is 12.3. The van der Waals surface area contributed by atoms with Gasteiger partial charge in [-0.15, -0.1) is 0 Å². The number of carbonyl (C=O) groups is 2. The first kappa shape index (κ1) is 19.7. The Morgan fingerprint density at radius 2 is 1.64 bits per heavy atom. The molecule has 0 bridgehead atoms. The van der Waals surface area contributed by atoms with Gasteiger partial charge in [0, 0.05) is 0 Å². The van der Waals surface area contributed by atoms with E-state index in [1.54, 1.807) is 0 Å². The summed E-state index contributed by atoms with van der Waals surface area (Å²) in [6.45, 7) is 1.95. The molecule has 0 fully saturated rings. The van der Waals surface area contributed by atoms with E-state index >= 15 is 0 Å². The Morgan fingerprint density at radius 3 is 2.28 bits per heavy atom. The van der Waals surface area contributed by atoms with Crippen molar-refractivity contribution in [2.75, 3.05) is 14.2 Å². The van der Waals surface area contributed by atoms with Crippen molar-refractivity contribution in [3.05, 3.63) is 42.5 Å². The van der Waals surface area contributed by atoms with E-state index in [4.69, 9.17) is 9.47 Å². The van der Waals surface area contributed by atoms with Gasteiger partial charge in [0.05, 0.1) is 0 Å². The maximum absolute atomic E-state index is 12.3. The third-order valence-corrected chi connectivity index (χ3v) is 7.02.